The van der Waals surface area contributed by atoms with Gasteiger partial charge in [-0.25, -0.2) is 4.79 Å². The second kappa shape index (κ2) is 7.40. The molecule has 0 saturated carbocycles. The minimum Gasteiger partial charge on any atom is -0.491 e. The van der Waals surface area contributed by atoms with E-state index in [0.29, 0.717) is 24.2 Å². The minimum absolute atomic E-state index is 0.293. The van der Waals surface area contributed by atoms with Crippen LogP contribution >= 0.6 is 11.8 Å². The van der Waals surface area contributed by atoms with Crippen molar-refractivity contribution in [3.63, 3.8) is 0 Å². The van der Waals surface area contributed by atoms with Gasteiger partial charge in [-0.1, -0.05) is 0 Å². The first-order valence-electron chi connectivity index (χ1n) is 6.54. The van der Waals surface area contributed by atoms with Crippen molar-refractivity contribution in [3.8, 4) is 5.75 Å². The number of esters is 1. The van der Waals surface area contributed by atoms with E-state index in [-0.39, 0.29) is 5.97 Å². The first-order chi connectivity index (χ1) is 9.29. The van der Waals surface area contributed by atoms with E-state index in [1.807, 2.05) is 11.8 Å². The predicted molar refractivity (Wildman–Crippen MR) is 76.8 cm³/mol. The Kier molecular flexibility index (Phi) is 5.54. The van der Waals surface area contributed by atoms with E-state index >= 15 is 0 Å². The highest BCUT2D eigenvalue weighted by Gasteiger charge is 2.13. The second-order valence-corrected chi connectivity index (χ2v) is 5.53. The molecule has 0 aliphatic carbocycles. The van der Waals surface area contributed by atoms with Gasteiger partial charge in [0, 0.05) is 0 Å². The molecule has 0 amide bonds. The molecule has 1 aromatic rings. The summed E-state index contributed by atoms with van der Waals surface area (Å²) in [6, 6.07) is 7.07. The molecule has 0 bridgehead atoms. The molecule has 1 unspecified atom stereocenters. The van der Waals surface area contributed by atoms with Crippen LogP contribution in [0, 0.1) is 0 Å². The van der Waals surface area contributed by atoms with Gasteiger partial charge in [0.15, 0.2) is 0 Å². The molecule has 1 atom stereocenters. The molecule has 1 N–H and O–H groups in total. The van der Waals surface area contributed by atoms with Gasteiger partial charge in [0.05, 0.1) is 17.5 Å². The van der Waals surface area contributed by atoms with Crippen molar-refractivity contribution in [2.75, 3.05) is 25.5 Å². The van der Waals surface area contributed by atoms with Crippen LogP contribution in [0.4, 0.5) is 0 Å². The Bertz CT molecular complexity index is 402. The SMILES string of the molecule is CCOC(=O)c1ccc(OCC2NCCCS2)cc1. The van der Waals surface area contributed by atoms with Crippen molar-refractivity contribution in [1.82, 2.24) is 5.32 Å². The molecule has 1 aromatic carbocycles. The molecule has 1 heterocycles. The van der Waals surface area contributed by atoms with E-state index in [0.717, 1.165) is 12.3 Å². The Labute approximate surface area is 117 Å². The van der Waals surface area contributed by atoms with E-state index in [2.05, 4.69) is 5.32 Å². The lowest BCUT2D eigenvalue weighted by Crippen LogP contribution is -2.36. The summed E-state index contributed by atoms with van der Waals surface area (Å²) >= 11 is 1.89. The summed E-state index contributed by atoms with van der Waals surface area (Å²) in [5.41, 5.74) is 0.555. The van der Waals surface area contributed by atoms with Crippen LogP contribution in [-0.2, 0) is 4.74 Å². The zero-order valence-electron chi connectivity index (χ0n) is 11.1. The summed E-state index contributed by atoms with van der Waals surface area (Å²) in [5, 5.41) is 3.76. The zero-order valence-corrected chi connectivity index (χ0v) is 11.9. The lowest BCUT2D eigenvalue weighted by atomic mass is 10.2. The monoisotopic (exact) mass is 281 g/mol. The van der Waals surface area contributed by atoms with E-state index < -0.39 is 0 Å². The van der Waals surface area contributed by atoms with Crippen molar-refractivity contribution in [1.29, 1.82) is 0 Å². The fourth-order valence-electron chi connectivity index (χ4n) is 1.80. The van der Waals surface area contributed by atoms with Gasteiger partial charge in [-0.2, -0.15) is 0 Å². The summed E-state index contributed by atoms with van der Waals surface area (Å²) in [5.74, 6) is 1.67. The van der Waals surface area contributed by atoms with Crippen LogP contribution in [0.3, 0.4) is 0 Å². The van der Waals surface area contributed by atoms with Crippen LogP contribution in [0.1, 0.15) is 23.7 Å². The number of hydrogen-bond donors (Lipinski definition) is 1. The fraction of sp³-hybridized carbons (Fsp3) is 0.500. The molecule has 1 aliphatic heterocycles. The van der Waals surface area contributed by atoms with E-state index in [4.69, 9.17) is 9.47 Å². The van der Waals surface area contributed by atoms with Gasteiger partial charge in [0.25, 0.3) is 0 Å². The third-order valence-corrected chi connectivity index (χ3v) is 4.01. The number of ether oxygens (including phenoxy) is 2. The van der Waals surface area contributed by atoms with Crippen LogP contribution in [0.2, 0.25) is 0 Å². The summed E-state index contributed by atoms with van der Waals surface area (Å²) in [6.07, 6.45) is 1.22. The number of carbonyl (C=O) groups is 1. The summed E-state index contributed by atoms with van der Waals surface area (Å²) < 4.78 is 10.6. The van der Waals surface area contributed by atoms with Crippen LogP contribution < -0.4 is 10.1 Å². The van der Waals surface area contributed by atoms with Crippen LogP contribution in [0.5, 0.6) is 5.75 Å². The average Bonchev–Trinajstić information content (AvgIpc) is 2.47. The number of nitrogens with one attached hydrogen (secondary N) is 1. The van der Waals surface area contributed by atoms with Crippen molar-refractivity contribution in [2.45, 2.75) is 18.7 Å². The molecule has 4 nitrogen and oxygen atoms in total. The molecule has 104 valence electrons. The second-order valence-electron chi connectivity index (χ2n) is 4.22. The molecule has 5 heteroatoms. The van der Waals surface area contributed by atoms with Gasteiger partial charge >= 0.3 is 5.97 Å². The van der Waals surface area contributed by atoms with Crippen LogP contribution in [0.25, 0.3) is 0 Å². The molecule has 0 spiro atoms. The number of carbonyl (C=O) groups excluding carboxylic acids is 1. The van der Waals surface area contributed by atoms with E-state index in [1.54, 1.807) is 31.2 Å². The highest BCUT2D eigenvalue weighted by atomic mass is 32.2. The number of benzene rings is 1. The summed E-state index contributed by atoms with van der Waals surface area (Å²) in [4.78, 5) is 11.5. The predicted octanol–water partition coefficient (Wildman–Crippen LogP) is 2.29. The molecular weight excluding hydrogens is 262 g/mol. The van der Waals surface area contributed by atoms with Gasteiger partial charge in [-0.3, -0.25) is 0 Å². The van der Waals surface area contributed by atoms with Crippen molar-refractivity contribution < 1.29 is 14.3 Å². The van der Waals surface area contributed by atoms with Gasteiger partial charge in [0.1, 0.15) is 12.4 Å². The maximum absolute atomic E-state index is 11.5. The Morgan fingerprint density at radius 3 is 2.84 bits per heavy atom. The van der Waals surface area contributed by atoms with Gasteiger partial charge in [-0.05, 0) is 49.9 Å². The lowest BCUT2D eigenvalue weighted by Gasteiger charge is -2.23. The summed E-state index contributed by atoms with van der Waals surface area (Å²) in [6.45, 7) is 3.89. The number of thioether (sulfide) groups is 1. The highest BCUT2D eigenvalue weighted by molar-refractivity contribution is 7.99. The zero-order chi connectivity index (χ0) is 13.5. The topological polar surface area (TPSA) is 47.6 Å². The molecule has 1 aliphatic rings. The Morgan fingerprint density at radius 1 is 1.42 bits per heavy atom. The molecule has 1 fully saturated rings. The maximum atomic E-state index is 11.5. The number of hydrogen-bond acceptors (Lipinski definition) is 5. The average molecular weight is 281 g/mol. The van der Waals surface area contributed by atoms with E-state index in [9.17, 15) is 4.79 Å². The Balaban J connectivity index is 1.82. The van der Waals surface area contributed by atoms with Crippen LogP contribution in [-0.4, -0.2) is 36.9 Å². The normalized spacial score (nSPS) is 18.9. The van der Waals surface area contributed by atoms with Crippen molar-refractivity contribution in [2.24, 2.45) is 0 Å². The fourth-order valence-corrected chi connectivity index (χ4v) is 2.80. The van der Waals surface area contributed by atoms with Gasteiger partial charge in [-0.15, -0.1) is 11.8 Å². The first-order valence-corrected chi connectivity index (χ1v) is 7.59. The smallest absolute Gasteiger partial charge is 0.338 e. The standard InChI is InChI=1S/C14H19NO3S/c1-2-17-14(16)11-4-6-12(7-5-11)18-10-13-15-8-3-9-19-13/h4-7,13,15H,2-3,8-10H2,1H3. The first kappa shape index (κ1) is 14.2. The minimum atomic E-state index is -0.293. The molecule has 0 radical (unpaired) electrons. The molecular formula is C14H19NO3S. The van der Waals surface area contributed by atoms with E-state index in [1.165, 1.54) is 12.2 Å². The van der Waals surface area contributed by atoms with Gasteiger partial charge in [0.2, 0.25) is 0 Å². The quantitative estimate of drug-likeness (QED) is 0.839. The lowest BCUT2D eigenvalue weighted by molar-refractivity contribution is 0.0526. The third kappa shape index (κ3) is 4.44. The van der Waals surface area contributed by atoms with Gasteiger partial charge < -0.3 is 14.8 Å². The maximum Gasteiger partial charge on any atom is 0.338 e. The summed E-state index contributed by atoms with van der Waals surface area (Å²) in [7, 11) is 0. The molecule has 2 rings (SSSR count). The Hall–Kier alpha value is -1.20. The largest absolute Gasteiger partial charge is 0.491 e. The number of rotatable bonds is 5. The van der Waals surface area contributed by atoms with Crippen molar-refractivity contribution in [3.05, 3.63) is 29.8 Å². The molecule has 19 heavy (non-hydrogen) atoms. The van der Waals surface area contributed by atoms with Crippen molar-refractivity contribution >= 4 is 17.7 Å². The molecule has 0 aromatic heterocycles. The molecule has 1 saturated heterocycles. The third-order valence-electron chi connectivity index (χ3n) is 2.78. The van der Waals surface area contributed by atoms with Crippen LogP contribution in [0.15, 0.2) is 24.3 Å². The highest BCUT2D eigenvalue weighted by Crippen LogP contribution is 2.17. The Morgan fingerprint density at radius 2 is 2.21 bits per heavy atom.